The van der Waals surface area contributed by atoms with Crippen LogP contribution in [0.1, 0.15) is 55.3 Å². The predicted molar refractivity (Wildman–Crippen MR) is 201 cm³/mol. The molecule has 11 nitrogen and oxygen atoms in total. The van der Waals surface area contributed by atoms with Crippen molar-refractivity contribution in [3.8, 4) is 35.0 Å². The summed E-state index contributed by atoms with van der Waals surface area (Å²) in [5, 5.41) is 18.8. The van der Waals surface area contributed by atoms with Gasteiger partial charge in [0.05, 0.1) is 46.8 Å². The zero-order chi connectivity index (χ0) is 40.5. The fraction of sp³-hybridized carbons (Fsp3) is 0.410. The lowest BCUT2D eigenvalue weighted by molar-refractivity contribution is -0.138. The largest absolute Gasteiger partial charge is 0.490 e. The molecule has 6 atom stereocenters. The number of methoxy groups -OCH3 is 1. The van der Waals surface area contributed by atoms with Crippen LogP contribution >= 0.6 is 11.3 Å². The number of nitriles is 2. The second-order valence-electron chi connectivity index (χ2n) is 14.6. The highest BCUT2D eigenvalue weighted by Gasteiger charge is 2.51. The molecular weight excluding hydrogens is 773 g/mol. The fourth-order valence-electron chi connectivity index (χ4n) is 8.67. The number of ether oxygens (including phenoxy) is 2. The number of halogens is 6. The van der Waals surface area contributed by atoms with Gasteiger partial charge >= 0.3 is 12.2 Å². The number of pyridine rings is 1. The quantitative estimate of drug-likeness (QED) is 0.166. The van der Waals surface area contributed by atoms with Gasteiger partial charge < -0.3 is 25.8 Å². The summed E-state index contributed by atoms with van der Waals surface area (Å²) in [6, 6.07) is 8.04. The van der Waals surface area contributed by atoms with Crippen molar-refractivity contribution < 1.29 is 35.8 Å². The van der Waals surface area contributed by atoms with E-state index in [0.717, 1.165) is 25.1 Å². The molecule has 3 aliphatic heterocycles. The van der Waals surface area contributed by atoms with Crippen LogP contribution in [-0.2, 0) is 6.18 Å². The summed E-state index contributed by atoms with van der Waals surface area (Å²) in [6.07, 6.45) is -0.508. The molecule has 2 aromatic carbocycles. The maximum absolute atomic E-state index is 17.1. The minimum atomic E-state index is -5.25. The van der Waals surface area contributed by atoms with Gasteiger partial charge in [0.2, 0.25) is 0 Å². The highest BCUT2D eigenvalue weighted by molar-refractivity contribution is 7.23. The highest BCUT2D eigenvalue weighted by atomic mass is 32.1. The van der Waals surface area contributed by atoms with E-state index < -0.39 is 69.9 Å². The van der Waals surface area contributed by atoms with Crippen LogP contribution in [0.3, 0.4) is 0 Å². The first-order chi connectivity index (χ1) is 27.3. The lowest BCUT2D eigenvalue weighted by atomic mass is 9.91. The Morgan fingerprint density at radius 2 is 1.89 bits per heavy atom. The molecule has 9 rings (SSSR count). The van der Waals surface area contributed by atoms with Gasteiger partial charge in [0.25, 0.3) is 0 Å². The molecule has 0 spiro atoms. The van der Waals surface area contributed by atoms with E-state index in [1.807, 2.05) is 6.07 Å². The number of nitrogens with zero attached hydrogens (tertiary/aromatic N) is 7. The Bertz CT molecular complexity index is 2490. The van der Waals surface area contributed by atoms with Crippen LogP contribution in [0.5, 0.6) is 11.8 Å². The van der Waals surface area contributed by atoms with Gasteiger partial charge in [-0.3, -0.25) is 4.90 Å². The van der Waals surface area contributed by atoms with Crippen molar-refractivity contribution in [2.75, 3.05) is 43.2 Å². The van der Waals surface area contributed by atoms with Crippen LogP contribution in [0.2, 0.25) is 0 Å². The molecule has 0 amide bonds. The number of alkyl halides is 4. The number of hydrogen-bond acceptors (Lipinski definition) is 12. The molecule has 4 aliphatic rings. The molecule has 3 fully saturated rings. The van der Waals surface area contributed by atoms with Crippen LogP contribution < -0.4 is 25.8 Å². The minimum Gasteiger partial charge on any atom is -0.490 e. The van der Waals surface area contributed by atoms with E-state index in [9.17, 15) is 19.3 Å². The molecule has 57 heavy (non-hydrogen) atoms. The minimum absolute atomic E-state index is 0.133. The fourth-order valence-corrected chi connectivity index (χ4v) is 9.62. The first-order valence-electron chi connectivity index (χ1n) is 18.3. The summed E-state index contributed by atoms with van der Waals surface area (Å²) in [6.45, 7) is 3.24. The molecule has 3 aromatic heterocycles. The average molecular weight is 808 g/mol. The maximum atomic E-state index is 17.1. The molecular formula is C39H35F6N9O2S. The van der Waals surface area contributed by atoms with Crippen molar-refractivity contribution in [1.82, 2.24) is 19.9 Å². The number of nitrogens with two attached hydrogens (primary N) is 2. The lowest BCUT2D eigenvalue weighted by Crippen LogP contribution is -2.43. The monoisotopic (exact) mass is 807 g/mol. The highest BCUT2D eigenvalue weighted by Crippen LogP contribution is 2.56. The molecule has 296 valence electrons. The SMILES string of the molecule is COc1nc2c3c(c(C(F)(F)F)c(-c4ccc(F)c5sc(N)c(C#N)c45)c(F)c3n1)OCC(C1CC1C#N)N2C(C)c1cccnc1N.FC1CC2CCCN2C1. The standard InChI is InChI=1S/C32H23F5N8O2S.C7H12FN/c1-12(14-4-3-7-42-28(14)40)45-19(16-8-13(16)9-38)11-47-26-22-25(43-31(46-2)44-30(22)45)24(34)21(23(26)32(35,36)37)15-5-6-18(33)27-20(15)17(10-39)29(41)48-27;8-6-4-7-2-1-3-9(7)5-6/h3-7,12-13,16,19H,8,11,41H2,1-2H3,(H2,40,42);6-7H,1-5H2. The molecule has 0 radical (unpaired) electrons. The number of hydrogen-bond donors (Lipinski definition) is 2. The molecule has 6 unspecified atom stereocenters. The second-order valence-corrected chi connectivity index (χ2v) is 15.7. The molecule has 2 saturated heterocycles. The number of nitrogen functional groups attached to an aromatic ring is 2. The van der Waals surface area contributed by atoms with Crippen LogP contribution in [0, 0.1) is 46.1 Å². The van der Waals surface area contributed by atoms with Crippen LogP contribution in [0.4, 0.5) is 43.0 Å². The molecule has 18 heteroatoms. The van der Waals surface area contributed by atoms with Crippen molar-refractivity contribution in [3.63, 3.8) is 0 Å². The van der Waals surface area contributed by atoms with E-state index >= 15 is 17.6 Å². The zero-order valence-corrected chi connectivity index (χ0v) is 31.4. The van der Waals surface area contributed by atoms with Crippen LogP contribution in [0.25, 0.3) is 32.1 Å². The van der Waals surface area contributed by atoms with Crippen molar-refractivity contribution in [3.05, 3.63) is 58.8 Å². The molecule has 6 heterocycles. The Kier molecular flexibility index (Phi) is 9.68. The summed E-state index contributed by atoms with van der Waals surface area (Å²) in [4.78, 5) is 16.7. The third-order valence-corrected chi connectivity index (χ3v) is 12.4. The molecule has 0 bridgehead atoms. The number of fused-ring (bicyclic) bond motifs is 2. The van der Waals surface area contributed by atoms with Gasteiger partial charge in [0, 0.05) is 35.3 Å². The Hall–Kier alpha value is -5.59. The van der Waals surface area contributed by atoms with E-state index in [1.54, 1.807) is 24.0 Å². The number of benzene rings is 2. The van der Waals surface area contributed by atoms with Gasteiger partial charge in [-0.05, 0) is 62.8 Å². The smallest absolute Gasteiger partial charge is 0.420 e. The summed E-state index contributed by atoms with van der Waals surface area (Å²) in [5.74, 6) is -3.79. The summed E-state index contributed by atoms with van der Waals surface area (Å²) in [5.41, 5.74) is 8.89. The Balaban J connectivity index is 0.000000441. The number of anilines is 3. The predicted octanol–water partition coefficient (Wildman–Crippen LogP) is 7.93. The van der Waals surface area contributed by atoms with Gasteiger partial charge in [0.1, 0.15) is 58.1 Å². The molecule has 1 saturated carbocycles. The van der Waals surface area contributed by atoms with Crippen molar-refractivity contribution in [2.24, 2.45) is 11.8 Å². The Labute approximate surface area is 326 Å². The van der Waals surface area contributed by atoms with Gasteiger partial charge in [-0.1, -0.05) is 12.1 Å². The summed E-state index contributed by atoms with van der Waals surface area (Å²) >= 11 is 0.661. The third-order valence-electron chi connectivity index (χ3n) is 11.4. The van der Waals surface area contributed by atoms with Crippen LogP contribution in [0.15, 0.2) is 30.5 Å². The number of aromatic nitrogens is 3. The first-order valence-corrected chi connectivity index (χ1v) is 19.1. The third kappa shape index (κ3) is 6.44. The number of rotatable bonds is 5. The second kappa shape index (κ2) is 14.4. The summed E-state index contributed by atoms with van der Waals surface area (Å²) < 4.78 is 102. The Morgan fingerprint density at radius 1 is 1.11 bits per heavy atom. The van der Waals surface area contributed by atoms with Gasteiger partial charge in [-0.2, -0.15) is 33.7 Å². The Morgan fingerprint density at radius 3 is 2.56 bits per heavy atom. The van der Waals surface area contributed by atoms with Gasteiger partial charge in [-0.25, -0.2) is 18.2 Å². The van der Waals surface area contributed by atoms with E-state index in [0.29, 0.717) is 35.9 Å². The van der Waals surface area contributed by atoms with Crippen molar-refractivity contribution >= 4 is 49.0 Å². The summed E-state index contributed by atoms with van der Waals surface area (Å²) in [7, 11) is 1.22. The molecule has 1 aliphatic carbocycles. The van der Waals surface area contributed by atoms with E-state index in [-0.39, 0.29) is 56.2 Å². The molecule has 5 aromatic rings. The van der Waals surface area contributed by atoms with Gasteiger partial charge in [0.15, 0.2) is 5.82 Å². The lowest BCUT2D eigenvalue weighted by Gasteiger charge is -2.37. The normalized spacial score (nSPS) is 23.2. The molecule has 4 N–H and O–H groups in total. The maximum Gasteiger partial charge on any atom is 0.420 e. The van der Waals surface area contributed by atoms with Crippen molar-refractivity contribution in [2.45, 2.75) is 63.1 Å². The van der Waals surface area contributed by atoms with Gasteiger partial charge in [-0.15, -0.1) is 11.3 Å². The first kappa shape index (κ1) is 38.3. The van der Waals surface area contributed by atoms with E-state index in [1.165, 1.54) is 26.1 Å². The zero-order valence-electron chi connectivity index (χ0n) is 30.6. The average Bonchev–Trinajstić information content (AvgIpc) is 3.57. The number of thiophene rings is 1. The van der Waals surface area contributed by atoms with E-state index in [4.69, 9.17) is 20.9 Å². The van der Waals surface area contributed by atoms with Crippen molar-refractivity contribution in [1.29, 1.82) is 10.5 Å². The topological polar surface area (TPSA) is 163 Å². The van der Waals surface area contributed by atoms with E-state index in [2.05, 4.69) is 25.9 Å². The van der Waals surface area contributed by atoms with Crippen LogP contribution in [-0.4, -0.2) is 64.9 Å².